The maximum atomic E-state index is 12.5. The van der Waals surface area contributed by atoms with Gasteiger partial charge in [-0.15, -0.1) is 5.10 Å². The van der Waals surface area contributed by atoms with Crippen LogP contribution in [0.4, 0.5) is 5.69 Å². The van der Waals surface area contributed by atoms with Gasteiger partial charge in [-0.2, -0.15) is 4.98 Å². The molecule has 29 heavy (non-hydrogen) atoms. The molecule has 0 bridgehead atoms. The number of fused-ring (bicyclic) bond motifs is 1. The topological polar surface area (TPSA) is 98.5 Å². The third kappa shape index (κ3) is 4.73. The van der Waals surface area contributed by atoms with Crippen LogP contribution in [-0.2, 0) is 20.7 Å². The van der Waals surface area contributed by atoms with Crippen LogP contribution in [0.25, 0.3) is 5.78 Å². The van der Waals surface area contributed by atoms with Crippen molar-refractivity contribution in [3.8, 4) is 0 Å². The van der Waals surface area contributed by atoms with E-state index in [2.05, 4.69) is 20.4 Å². The zero-order valence-corrected chi connectivity index (χ0v) is 17.8. The van der Waals surface area contributed by atoms with Crippen molar-refractivity contribution >= 4 is 35.1 Å². The zero-order valence-electron chi connectivity index (χ0n) is 17.0. The molecule has 0 saturated carbocycles. The summed E-state index contributed by atoms with van der Waals surface area (Å²) < 4.78 is 6.96. The molecule has 0 aliphatic heterocycles. The Kier molecular flexibility index (Phi) is 6.17. The molecule has 1 amide bonds. The lowest BCUT2D eigenvalue weighted by Crippen LogP contribution is -2.30. The second-order valence-electron chi connectivity index (χ2n) is 6.74. The maximum absolute atomic E-state index is 12.5. The number of nitrogens with one attached hydrogen (secondary N) is 1. The fraction of sp³-hybridized carbons (Fsp3) is 0.350. The van der Waals surface area contributed by atoms with Crippen LogP contribution in [-0.4, -0.2) is 43.8 Å². The second-order valence-corrected chi connectivity index (χ2v) is 7.51. The molecule has 0 fully saturated rings. The van der Waals surface area contributed by atoms with Gasteiger partial charge in [-0.25, -0.2) is 9.50 Å². The first kappa shape index (κ1) is 20.8. The van der Waals surface area contributed by atoms with E-state index in [1.54, 1.807) is 17.5 Å². The van der Waals surface area contributed by atoms with Crippen molar-refractivity contribution < 1.29 is 14.3 Å². The van der Waals surface area contributed by atoms with Gasteiger partial charge in [0.05, 0.1) is 6.42 Å². The van der Waals surface area contributed by atoms with Crippen LogP contribution in [0.1, 0.15) is 29.4 Å². The van der Waals surface area contributed by atoms with Crippen molar-refractivity contribution in [1.82, 2.24) is 19.6 Å². The fourth-order valence-corrected chi connectivity index (χ4v) is 3.27. The number of carbonyl (C=O) groups is 2. The molecule has 152 valence electrons. The van der Waals surface area contributed by atoms with E-state index in [-0.39, 0.29) is 12.3 Å². The van der Waals surface area contributed by atoms with Crippen molar-refractivity contribution in [1.29, 1.82) is 0 Å². The van der Waals surface area contributed by atoms with Crippen LogP contribution in [0.5, 0.6) is 0 Å². The summed E-state index contributed by atoms with van der Waals surface area (Å²) in [4.78, 5) is 33.5. The SMILES string of the molecule is CSc1nc2nc(C)c(CC(=O)O[C@@H](C)C(=O)Nc3cccc(C)c3)c(C)n2n1. The Morgan fingerprint density at radius 1 is 1.24 bits per heavy atom. The maximum Gasteiger partial charge on any atom is 0.311 e. The number of aryl methyl sites for hydroxylation is 3. The summed E-state index contributed by atoms with van der Waals surface area (Å²) >= 11 is 1.42. The third-order valence-corrected chi connectivity index (χ3v) is 5.03. The van der Waals surface area contributed by atoms with E-state index in [1.165, 1.54) is 11.8 Å². The summed E-state index contributed by atoms with van der Waals surface area (Å²) in [5.74, 6) is -0.395. The smallest absolute Gasteiger partial charge is 0.311 e. The normalized spacial score (nSPS) is 12.0. The Morgan fingerprint density at radius 2 is 2.00 bits per heavy atom. The number of rotatable bonds is 6. The van der Waals surface area contributed by atoms with Gasteiger partial charge in [-0.1, -0.05) is 23.9 Å². The molecule has 9 heteroatoms. The summed E-state index contributed by atoms with van der Waals surface area (Å²) in [6.45, 7) is 7.16. The number of hydrogen-bond acceptors (Lipinski definition) is 7. The molecule has 3 rings (SSSR count). The van der Waals surface area contributed by atoms with Crippen LogP contribution in [0, 0.1) is 20.8 Å². The number of nitrogens with zero attached hydrogens (tertiary/aromatic N) is 4. The van der Waals surface area contributed by atoms with E-state index in [4.69, 9.17) is 4.74 Å². The average Bonchev–Trinajstić information content (AvgIpc) is 3.08. The number of thioether (sulfide) groups is 1. The van der Waals surface area contributed by atoms with E-state index < -0.39 is 12.1 Å². The van der Waals surface area contributed by atoms with Crippen molar-refractivity contribution in [2.45, 2.75) is 45.4 Å². The Hall–Kier alpha value is -2.94. The van der Waals surface area contributed by atoms with E-state index in [0.717, 1.165) is 11.3 Å². The van der Waals surface area contributed by atoms with E-state index in [0.29, 0.717) is 27.9 Å². The minimum atomic E-state index is -0.922. The number of amides is 1. The highest BCUT2D eigenvalue weighted by molar-refractivity contribution is 7.98. The number of benzene rings is 1. The summed E-state index contributed by atoms with van der Waals surface area (Å²) in [6.07, 6.45) is 0.963. The molecule has 8 nitrogen and oxygen atoms in total. The Labute approximate surface area is 173 Å². The second kappa shape index (κ2) is 8.60. The summed E-state index contributed by atoms with van der Waals surface area (Å²) in [7, 11) is 0. The first-order valence-electron chi connectivity index (χ1n) is 9.12. The number of carbonyl (C=O) groups excluding carboxylic acids is 2. The van der Waals surface area contributed by atoms with E-state index >= 15 is 0 Å². The lowest BCUT2D eigenvalue weighted by molar-refractivity contribution is -0.152. The van der Waals surface area contributed by atoms with Crippen molar-refractivity contribution in [3.05, 3.63) is 46.8 Å². The molecule has 0 aliphatic rings. The first-order valence-corrected chi connectivity index (χ1v) is 10.3. The monoisotopic (exact) mass is 413 g/mol. The third-order valence-electron chi connectivity index (χ3n) is 4.50. The molecule has 1 aromatic carbocycles. The molecule has 1 atom stereocenters. The van der Waals surface area contributed by atoms with Gasteiger partial charge in [0.25, 0.3) is 11.7 Å². The van der Waals surface area contributed by atoms with Crippen molar-refractivity contribution in [3.63, 3.8) is 0 Å². The van der Waals surface area contributed by atoms with Gasteiger partial charge >= 0.3 is 5.97 Å². The van der Waals surface area contributed by atoms with Crippen molar-refractivity contribution in [2.24, 2.45) is 0 Å². The van der Waals surface area contributed by atoms with Crippen LogP contribution in [0.3, 0.4) is 0 Å². The highest BCUT2D eigenvalue weighted by Crippen LogP contribution is 2.18. The van der Waals surface area contributed by atoms with Gasteiger partial charge in [-0.3, -0.25) is 9.59 Å². The minimum Gasteiger partial charge on any atom is -0.452 e. The molecule has 2 aromatic heterocycles. The highest BCUT2D eigenvalue weighted by atomic mass is 32.2. The zero-order chi connectivity index (χ0) is 21.1. The highest BCUT2D eigenvalue weighted by Gasteiger charge is 2.21. The molecular formula is C20H23N5O3S. The number of esters is 1. The molecule has 0 radical (unpaired) electrons. The molecule has 0 spiro atoms. The van der Waals surface area contributed by atoms with E-state index in [1.807, 2.05) is 45.2 Å². The summed E-state index contributed by atoms with van der Waals surface area (Å²) in [6, 6.07) is 7.42. The van der Waals surface area contributed by atoms with Gasteiger partial charge in [0.1, 0.15) is 0 Å². The quantitative estimate of drug-likeness (QED) is 0.490. The first-order chi connectivity index (χ1) is 13.8. The molecule has 0 unspecified atom stereocenters. The number of ether oxygens (including phenoxy) is 1. The molecule has 0 aliphatic carbocycles. The Balaban J connectivity index is 1.69. The van der Waals surface area contributed by atoms with Gasteiger partial charge in [-0.05, 0) is 51.6 Å². The standard InChI is InChI=1S/C20H23N5O3S/c1-11-7-6-8-15(9-11)22-18(27)14(4)28-17(26)10-16-12(2)21-19-23-20(29-5)24-25(19)13(16)3/h6-9,14H,10H2,1-5H3,(H,22,27)/t14-/m0/s1. The molecule has 1 N–H and O–H groups in total. The van der Waals surface area contributed by atoms with Gasteiger partial charge < -0.3 is 10.1 Å². The predicted molar refractivity (Wildman–Crippen MR) is 111 cm³/mol. The van der Waals surface area contributed by atoms with Gasteiger partial charge in [0, 0.05) is 22.6 Å². The van der Waals surface area contributed by atoms with Crippen LogP contribution in [0.15, 0.2) is 29.4 Å². The largest absolute Gasteiger partial charge is 0.452 e. The predicted octanol–water partition coefficient (Wildman–Crippen LogP) is 2.88. The van der Waals surface area contributed by atoms with Gasteiger partial charge in [0.15, 0.2) is 6.10 Å². The molecular weight excluding hydrogens is 390 g/mol. The van der Waals surface area contributed by atoms with Crippen LogP contribution < -0.4 is 5.32 Å². The number of hydrogen-bond donors (Lipinski definition) is 1. The van der Waals surface area contributed by atoms with Crippen LogP contribution >= 0.6 is 11.8 Å². The molecule has 2 heterocycles. The summed E-state index contributed by atoms with van der Waals surface area (Å²) in [5, 5.41) is 7.74. The molecule has 3 aromatic rings. The minimum absolute atomic E-state index is 0.00284. The summed E-state index contributed by atoms with van der Waals surface area (Å²) in [5.41, 5.74) is 3.86. The fourth-order valence-electron chi connectivity index (χ4n) is 2.94. The van der Waals surface area contributed by atoms with Crippen molar-refractivity contribution in [2.75, 3.05) is 11.6 Å². The van der Waals surface area contributed by atoms with Crippen LogP contribution in [0.2, 0.25) is 0 Å². The van der Waals surface area contributed by atoms with E-state index in [9.17, 15) is 9.59 Å². The molecule has 0 saturated heterocycles. The average molecular weight is 414 g/mol. The number of anilines is 1. The lowest BCUT2D eigenvalue weighted by Gasteiger charge is -2.15. The number of aromatic nitrogens is 4. The Morgan fingerprint density at radius 3 is 2.69 bits per heavy atom. The van der Waals surface area contributed by atoms with Gasteiger partial charge in [0.2, 0.25) is 5.16 Å². The lowest BCUT2D eigenvalue weighted by atomic mass is 10.1. The Bertz CT molecular complexity index is 1080.